The van der Waals surface area contributed by atoms with Crippen LogP contribution in [0.5, 0.6) is 0 Å². The van der Waals surface area contributed by atoms with Gasteiger partial charge in [0.2, 0.25) is 0 Å². The Balaban J connectivity index is 2.27. The second-order valence-electron chi connectivity index (χ2n) is 5.93. The SMILES string of the molecule is CC1(O)C=C2CCCC(OC(=O)C(F)(F)S(=O)(=O)O)(C2)C1. The Labute approximate surface area is 120 Å². The molecule has 0 saturated heterocycles. The Morgan fingerprint density at radius 2 is 2.10 bits per heavy atom. The van der Waals surface area contributed by atoms with Crippen LogP contribution in [0.1, 0.15) is 39.0 Å². The first-order valence-corrected chi connectivity index (χ1v) is 7.82. The second kappa shape index (κ2) is 4.72. The van der Waals surface area contributed by atoms with Crippen molar-refractivity contribution in [2.45, 2.75) is 55.5 Å². The van der Waals surface area contributed by atoms with Gasteiger partial charge in [-0.3, -0.25) is 4.55 Å². The van der Waals surface area contributed by atoms with Gasteiger partial charge in [0.15, 0.2) is 0 Å². The third-order valence-electron chi connectivity index (χ3n) is 3.75. The third-order valence-corrected chi connectivity index (χ3v) is 4.56. The van der Waals surface area contributed by atoms with Crippen LogP contribution in [0.15, 0.2) is 11.6 Å². The maximum absolute atomic E-state index is 13.3. The molecule has 0 amide bonds. The van der Waals surface area contributed by atoms with E-state index in [9.17, 15) is 27.1 Å². The minimum absolute atomic E-state index is 0.100. The van der Waals surface area contributed by atoms with Gasteiger partial charge < -0.3 is 9.84 Å². The molecule has 1 saturated carbocycles. The first kappa shape index (κ1) is 16.3. The van der Waals surface area contributed by atoms with Crippen LogP contribution in [-0.2, 0) is 19.6 Å². The molecule has 0 spiro atoms. The van der Waals surface area contributed by atoms with Crippen LogP contribution in [-0.4, -0.2) is 40.5 Å². The molecule has 2 bridgehead atoms. The first-order valence-electron chi connectivity index (χ1n) is 6.38. The highest BCUT2D eigenvalue weighted by atomic mass is 32.2. The van der Waals surface area contributed by atoms with Crippen molar-refractivity contribution < 1.29 is 36.4 Å². The summed E-state index contributed by atoms with van der Waals surface area (Å²) in [5.74, 6) is -2.32. The van der Waals surface area contributed by atoms with Gasteiger partial charge >= 0.3 is 21.3 Å². The molecule has 120 valence electrons. The number of carbonyl (C=O) groups is 1. The van der Waals surface area contributed by atoms with Crippen LogP contribution < -0.4 is 0 Å². The quantitative estimate of drug-likeness (QED) is 0.462. The van der Waals surface area contributed by atoms with E-state index in [0.29, 0.717) is 12.8 Å². The molecular weight excluding hydrogens is 310 g/mol. The Bertz CT molecular complexity index is 595. The molecule has 0 aromatic rings. The zero-order chi connectivity index (χ0) is 16.1. The summed E-state index contributed by atoms with van der Waals surface area (Å²) in [6.45, 7) is 1.46. The molecule has 6 nitrogen and oxygen atoms in total. The lowest BCUT2D eigenvalue weighted by Gasteiger charge is -2.45. The standard InChI is InChI=1S/C12H16F2O6S/c1-10(16)5-8-3-2-4-11(6-8,7-10)20-9(15)12(13,14)21(17,18)19/h5,16H,2-4,6-7H2,1H3,(H,17,18,19). The third kappa shape index (κ3) is 3.09. The highest BCUT2D eigenvalue weighted by Crippen LogP contribution is 2.46. The van der Waals surface area contributed by atoms with Crippen LogP contribution in [0.2, 0.25) is 0 Å². The highest BCUT2D eigenvalue weighted by Gasteiger charge is 2.57. The fourth-order valence-electron chi connectivity index (χ4n) is 3.13. The van der Waals surface area contributed by atoms with E-state index in [0.717, 1.165) is 5.57 Å². The van der Waals surface area contributed by atoms with Gasteiger partial charge in [-0.05, 0) is 26.2 Å². The topological polar surface area (TPSA) is 101 Å². The lowest BCUT2D eigenvalue weighted by atomic mass is 9.70. The molecule has 0 radical (unpaired) electrons. The zero-order valence-electron chi connectivity index (χ0n) is 11.3. The summed E-state index contributed by atoms with van der Waals surface area (Å²) in [6.07, 6.45) is 3.16. The van der Waals surface area contributed by atoms with E-state index in [-0.39, 0.29) is 19.3 Å². The van der Waals surface area contributed by atoms with Crippen molar-refractivity contribution in [1.82, 2.24) is 0 Å². The molecule has 0 heterocycles. The maximum atomic E-state index is 13.3. The van der Waals surface area contributed by atoms with Gasteiger partial charge in [-0.1, -0.05) is 11.6 Å². The average Bonchev–Trinajstić information content (AvgIpc) is 2.24. The van der Waals surface area contributed by atoms with Crippen molar-refractivity contribution in [2.75, 3.05) is 0 Å². The molecule has 1 fully saturated rings. The van der Waals surface area contributed by atoms with E-state index in [1.54, 1.807) is 6.08 Å². The maximum Gasteiger partial charge on any atom is 0.465 e. The van der Waals surface area contributed by atoms with Crippen LogP contribution in [0.3, 0.4) is 0 Å². The number of carbonyl (C=O) groups excluding carboxylic acids is 1. The van der Waals surface area contributed by atoms with Crippen molar-refractivity contribution >= 4 is 16.1 Å². The van der Waals surface area contributed by atoms with Crippen LogP contribution in [0.4, 0.5) is 8.78 Å². The number of ether oxygens (including phenoxy) is 1. The Morgan fingerprint density at radius 1 is 1.48 bits per heavy atom. The van der Waals surface area contributed by atoms with Gasteiger partial charge in [-0.15, -0.1) is 0 Å². The summed E-state index contributed by atoms with van der Waals surface area (Å²) in [6, 6.07) is 0. The Morgan fingerprint density at radius 3 is 2.67 bits per heavy atom. The number of halogens is 2. The minimum Gasteiger partial charge on any atom is -0.453 e. The van der Waals surface area contributed by atoms with Crippen molar-refractivity contribution in [1.29, 1.82) is 0 Å². The molecule has 2 atom stereocenters. The van der Waals surface area contributed by atoms with E-state index >= 15 is 0 Å². The fourth-order valence-corrected chi connectivity index (χ4v) is 3.38. The van der Waals surface area contributed by atoms with Crippen molar-refractivity contribution in [3.05, 3.63) is 11.6 Å². The van der Waals surface area contributed by atoms with E-state index in [1.165, 1.54) is 6.92 Å². The van der Waals surface area contributed by atoms with E-state index in [2.05, 4.69) is 0 Å². The number of hydrogen-bond acceptors (Lipinski definition) is 5. The normalized spacial score (nSPS) is 33.3. The van der Waals surface area contributed by atoms with Crippen molar-refractivity contribution in [3.8, 4) is 0 Å². The summed E-state index contributed by atoms with van der Waals surface area (Å²) in [4.78, 5) is 11.5. The van der Waals surface area contributed by atoms with E-state index < -0.39 is 32.5 Å². The van der Waals surface area contributed by atoms with Gasteiger partial charge in [0.05, 0.1) is 5.60 Å². The smallest absolute Gasteiger partial charge is 0.453 e. The van der Waals surface area contributed by atoms with Gasteiger partial charge in [-0.2, -0.15) is 17.2 Å². The number of fused-ring (bicyclic) bond motifs is 2. The second-order valence-corrected chi connectivity index (χ2v) is 7.39. The lowest BCUT2D eigenvalue weighted by Crippen LogP contribution is -2.51. The zero-order valence-corrected chi connectivity index (χ0v) is 12.1. The number of rotatable bonds is 3. The highest BCUT2D eigenvalue weighted by molar-refractivity contribution is 7.87. The molecule has 0 aromatic carbocycles. The van der Waals surface area contributed by atoms with Crippen molar-refractivity contribution in [3.63, 3.8) is 0 Å². The van der Waals surface area contributed by atoms with Crippen LogP contribution in [0.25, 0.3) is 0 Å². The molecule has 2 unspecified atom stereocenters. The minimum atomic E-state index is -5.90. The largest absolute Gasteiger partial charge is 0.465 e. The number of hydrogen-bond donors (Lipinski definition) is 2. The number of esters is 1. The number of alkyl halides is 2. The summed E-state index contributed by atoms with van der Waals surface area (Å²) >= 11 is 0. The predicted octanol–water partition coefficient (Wildman–Crippen LogP) is 1.40. The predicted molar refractivity (Wildman–Crippen MR) is 67.1 cm³/mol. The van der Waals surface area contributed by atoms with Crippen molar-refractivity contribution in [2.24, 2.45) is 0 Å². The summed E-state index contributed by atoms with van der Waals surface area (Å²) < 4.78 is 60.9. The van der Waals surface area contributed by atoms with Gasteiger partial charge in [0.1, 0.15) is 5.60 Å². The van der Waals surface area contributed by atoms with Gasteiger partial charge in [0, 0.05) is 12.8 Å². The molecular formula is C12H16F2O6S. The van der Waals surface area contributed by atoms with Crippen LogP contribution in [0, 0.1) is 0 Å². The molecule has 0 aliphatic heterocycles. The fraction of sp³-hybridized carbons (Fsp3) is 0.750. The molecule has 2 aliphatic rings. The van der Waals surface area contributed by atoms with Gasteiger partial charge in [0.25, 0.3) is 0 Å². The molecule has 9 heteroatoms. The number of aliphatic hydroxyl groups is 1. The monoisotopic (exact) mass is 326 g/mol. The molecule has 0 aromatic heterocycles. The molecule has 2 aliphatic carbocycles. The summed E-state index contributed by atoms with van der Waals surface area (Å²) in [5, 5.41) is 5.08. The molecule has 21 heavy (non-hydrogen) atoms. The summed E-state index contributed by atoms with van der Waals surface area (Å²) in [7, 11) is -5.90. The van der Waals surface area contributed by atoms with E-state index in [1.807, 2.05) is 0 Å². The molecule has 2 N–H and O–H groups in total. The Hall–Kier alpha value is -1.06. The van der Waals surface area contributed by atoms with Gasteiger partial charge in [-0.25, -0.2) is 4.79 Å². The Kier molecular flexibility index (Phi) is 3.67. The molecule has 2 rings (SSSR count). The van der Waals surface area contributed by atoms with Crippen LogP contribution >= 0.6 is 0 Å². The van der Waals surface area contributed by atoms with E-state index in [4.69, 9.17) is 9.29 Å². The first-order chi connectivity index (χ1) is 9.37. The average molecular weight is 326 g/mol. The summed E-state index contributed by atoms with van der Waals surface area (Å²) in [5.41, 5.74) is -1.90. The lowest BCUT2D eigenvalue weighted by molar-refractivity contribution is -0.186.